The number of rotatable bonds is 5. The number of nitrogens with one attached hydrogen (secondary N) is 1. The molecule has 0 saturated heterocycles. The van der Waals surface area contributed by atoms with Crippen molar-refractivity contribution < 1.29 is 4.79 Å². The van der Waals surface area contributed by atoms with Gasteiger partial charge in [0.1, 0.15) is 0 Å². The van der Waals surface area contributed by atoms with Gasteiger partial charge in [0.15, 0.2) is 0 Å². The molecule has 0 radical (unpaired) electrons. The molecule has 1 N–H and O–H groups in total. The van der Waals surface area contributed by atoms with E-state index in [9.17, 15) is 4.79 Å². The molecule has 0 aromatic heterocycles. The van der Waals surface area contributed by atoms with Gasteiger partial charge in [-0.3, -0.25) is 4.79 Å². The molecule has 1 aromatic rings. The fourth-order valence-corrected chi connectivity index (χ4v) is 2.90. The van der Waals surface area contributed by atoms with E-state index < -0.39 is 0 Å². The van der Waals surface area contributed by atoms with Crippen LogP contribution in [0.5, 0.6) is 0 Å². The molecule has 0 aliphatic heterocycles. The van der Waals surface area contributed by atoms with Gasteiger partial charge in [-0.25, -0.2) is 0 Å². The standard InChI is InChI=1S/C14H17BrClNO/c1-2-13(5-9-3-4-9)17-14(18)10-6-11(15)8-12(16)7-10/h6-9,13H,2-5H2,1H3,(H,17,18). The second-order valence-corrected chi connectivity index (χ2v) is 6.27. The molecule has 2 nitrogen and oxygen atoms in total. The molecule has 1 aromatic carbocycles. The van der Waals surface area contributed by atoms with Crippen LogP contribution in [-0.4, -0.2) is 11.9 Å². The van der Waals surface area contributed by atoms with E-state index in [1.807, 2.05) is 0 Å². The summed E-state index contributed by atoms with van der Waals surface area (Å²) in [5.74, 6) is 0.784. The first-order valence-electron chi connectivity index (χ1n) is 6.35. The zero-order chi connectivity index (χ0) is 13.1. The maximum Gasteiger partial charge on any atom is 0.251 e. The third-order valence-electron chi connectivity index (χ3n) is 3.27. The summed E-state index contributed by atoms with van der Waals surface area (Å²) in [7, 11) is 0. The van der Waals surface area contributed by atoms with Gasteiger partial charge in [0.2, 0.25) is 0 Å². The molecule has 0 bridgehead atoms. The molecule has 2 rings (SSSR count). The van der Waals surface area contributed by atoms with Crippen molar-refractivity contribution in [1.29, 1.82) is 0 Å². The zero-order valence-corrected chi connectivity index (χ0v) is 12.7. The summed E-state index contributed by atoms with van der Waals surface area (Å²) < 4.78 is 0.829. The van der Waals surface area contributed by atoms with E-state index in [4.69, 9.17) is 11.6 Å². The van der Waals surface area contributed by atoms with Gasteiger partial charge in [-0.15, -0.1) is 0 Å². The van der Waals surface area contributed by atoms with Crippen molar-refractivity contribution in [2.75, 3.05) is 0 Å². The first kappa shape index (κ1) is 13.9. The SMILES string of the molecule is CCC(CC1CC1)NC(=O)c1cc(Cl)cc(Br)c1. The van der Waals surface area contributed by atoms with Crippen LogP contribution in [0.3, 0.4) is 0 Å². The van der Waals surface area contributed by atoms with Crippen LogP contribution >= 0.6 is 27.5 Å². The monoisotopic (exact) mass is 329 g/mol. The minimum atomic E-state index is -0.0364. The Hall–Kier alpha value is -0.540. The highest BCUT2D eigenvalue weighted by Crippen LogP contribution is 2.34. The van der Waals surface area contributed by atoms with E-state index in [1.165, 1.54) is 12.8 Å². The largest absolute Gasteiger partial charge is 0.349 e. The molecule has 4 heteroatoms. The van der Waals surface area contributed by atoms with Gasteiger partial charge in [0.25, 0.3) is 5.91 Å². The van der Waals surface area contributed by atoms with Gasteiger partial charge in [-0.1, -0.05) is 47.3 Å². The predicted octanol–water partition coefficient (Wildman–Crippen LogP) is 4.41. The molecule has 0 heterocycles. The van der Waals surface area contributed by atoms with Crippen molar-refractivity contribution in [3.8, 4) is 0 Å². The van der Waals surface area contributed by atoms with Crippen molar-refractivity contribution in [3.63, 3.8) is 0 Å². The smallest absolute Gasteiger partial charge is 0.251 e. The van der Waals surface area contributed by atoms with E-state index in [2.05, 4.69) is 28.2 Å². The predicted molar refractivity (Wildman–Crippen MR) is 78.0 cm³/mol. The lowest BCUT2D eigenvalue weighted by Gasteiger charge is -2.16. The summed E-state index contributed by atoms with van der Waals surface area (Å²) in [6.07, 6.45) is 4.71. The summed E-state index contributed by atoms with van der Waals surface area (Å²) in [5.41, 5.74) is 0.614. The van der Waals surface area contributed by atoms with Crippen molar-refractivity contribution in [1.82, 2.24) is 5.32 Å². The quantitative estimate of drug-likeness (QED) is 0.851. The van der Waals surface area contributed by atoms with Crippen molar-refractivity contribution >= 4 is 33.4 Å². The minimum absolute atomic E-state index is 0.0364. The third-order valence-corrected chi connectivity index (χ3v) is 3.94. The summed E-state index contributed by atoms with van der Waals surface area (Å²) in [5, 5.41) is 3.66. The number of hydrogen-bond donors (Lipinski definition) is 1. The van der Waals surface area contributed by atoms with Crippen molar-refractivity contribution in [3.05, 3.63) is 33.3 Å². The Labute approximate surface area is 121 Å². The zero-order valence-electron chi connectivity index (χ0n) is 10.4. The molecule has 1 amide bonds. The van der Waals surface area contributed by atoms with Crippen molar-refractivity contribution in [2.24, 2.45) is 5.92 Å². The minimum Gasteiger partial charge on any atom is -0.349 e. The second kappa shape index (κ2) is 6.07. The van der Waals surface area contributed by atoms with E-state index in [-0.39, 0.29) is 11.9 Å². The molecule has 0 spiro atoms. The molecular weight excluding hydrogens is 314 g/mol. The Kier molecular flexibility index (Phi) is 4.68. The van der Waals surface area contributed by atoms with E-state index >= 15 is 0 Å². The Balaban J connectivity index is 2.00. The van der Waals surface area contributed by atoms with Crippen LogP contribution in [0, 0.1) is 5.92 Å². The fraction of sp³-hybridized carbons (Fsp3) is 0.500. The topological polar surface area (TPSA) is 29.1 Å². The van der Waals surface area contributed by atoms with Gasteiger partial charge in [-0.05, 0) is 37.0 Å². The third kappa shape index (κ3) is 3.99. The summed E-state index contributed by atoms with van der Waals surface area (Å²) in [4.78, 5) is 12.1. The number of halogens is 2. The first-order chi connectivity index (χ1) is 8.58. The Morgan fingerprint density at radius 3 is 2.78 bits per heavy atom. The molecule has 1 aliphatic rings. The molecule has 1 aliphatic carbocycles. The molecule has 1 unspecified atom stereocenters. The molecule has 1 saturated carbocycles. The number of carbonyl (C=O) groups is 1. The number of hydrogen-bond acceptors (Lipinski definition) is 1. The lowest BCUT2D eigenvalue weighted by molar-refractivity contribution is 0.0932. The van der Waals surface area contributed by atoms with Gasteiger partial charge < -0.3 is 5.32 Å². The normalized spacial score (nSPS) is 16.4. The molecule has 18 heavy (non-hydrogen) atoms. The Morgan fingerprint density at radius 2 is 2.22 bits per heavy atom. The number of amides is 1. The lowest BCUT2D eigenvalue weighted by atomic mass is 10.1. The number of carbonyl (C=O) groups excluding carboxylic acids is 1. The molecule has 1 fully saturated rings. The van der Waals surface area contributed by atoms with Crippen LogP contribution in [0.4, 0.5) is 0 Å². The van der Waals surface area contributed by atoms with Gasteiger partial charge >= 0.3 is 0 Å². The first-order valence-corrected chi connectivity index (χ1v) is 7.52. The van der Waals surface area contributed by atoms with E-state index in [1.54, 1.807) is 18.2 Å². The highest BCUT2D eigenvalue weighted by molar-refractivity contribution is 9.10. The van der Waals surface area contributed by atoms with Gasteiger partial charge in [0, 0.05) is 21.1 Å². The summed E-state index contributed by atoms with van der Waals surface area (Å²) in [6.45, 7) is 2.11. The number of benzene rings is 1. The molecule has 1 atom stereocenters. The van der Waals surface area contributed by atoms with Gasteiger partial charge in [0.05, 0.1) is 0 Å². The summed E-state index contributed by atoms with van der Waals surface area (Å²) >= 11 is 9.30. The fourth-order valence-electron chi connectivity index (χ4n) is 2.04. The average Bonchev–Trinajstić information content (AvgIpc) is 3.10. The van der Waals surface area contributed by atoms with Crippen LogP contribution in [0.1, 0.15) is 43.0 Å². The van der Waals surface area contributed by atoms with E-state index in [0.29, 0.717) is 10.6 Å². The Bertz CT molecular complexity index is 425. The van der Waals surface area contributed by atoms with Crippen LogP contribution in [0.2, 0.25) is 5.02 Å². The molecular formula is C14H17BrClNO. The van der Waals surface area contributed by atoms with Crippen LogP contribution < -0.4 is 5.32 Å². The van der Waals surface area contributed by atoms with E-state index in [0.717, 1.165) is 23.2 Å². The highest BCUT2D eigenvalue weighted by atomic mass is 79.9. The highest BCUT2D eigenvalue weighted by Gasteiger charge is 2.25. The maximum absolute atomic E-state index is 12.1. The average molecular weight is 331 g/mol. The maximum atomic E-state index is 12.1. The van der Waals surface area contributed by atoms with Crippen molar-refractivity contribution in [2.45, 2.75) is 38.6 Å². The van der Waals surface area contributed by atoms with Crippen LogP contribution in [0.25, 0.3) is 0 Å². The summed E-state index contributed by atoms with van der Waals surface area (Å²) in [6, 6.07) is 5.55. The lowest BCUT2D eigenvalue weighted by Crippen LogP contribution is -2.34. The van der Waals surface area contributed by atoms with Gasteiger partial charge in [-0.2, -0.15) is 0 Å². The Morgan fingerprint density at radius 1 is 1.50 bits per heavy atom. The van der Waals surface area contributed by atoms with Crippen LogP contribution in [-0.2, 0) is 0 Å². The van der Waals surface area contributed by atoms with Crippen LogP contribution in [0.15, 0.2) is 22.7 Å². The second-order valence-electron chi connectivity index (χ2n) is 4.92. The molecule has 98 valence electrons.